The predicted molar refractivity (Wildman–Crippen MR) is 159 cm³/mol. The van der Waals surface area contributed by atoms with Gasteiger partial charge in [-0.3, -0.25) is 0 Å². The molecule has 5 fully saturated rings. The zero-order chi connectivity index (χ0) is 29.9. The van der Waals surface area contributed by atoms with Crippen LogP contribution in [0.25, 0.3) is 0 Å². The van der Waals surface area contributed by atoms with Gasteiger partial charge in [0.15, 0.2) is 5.79 Å². The summed E-state index contributed by atoms with van der Waals surface area (Å²) in [7, 11) is 1.34. The van der Waals surface area contributed by atoms with Crippen molar-refractivity contribution in [1.29, 1.82) is 0 Å². The van der Waals surface area contributed by atoms with E-state index in [4.69, 9.17) is 53.8 Å². The summed E-state index contributed by atoms with van der Waals surface area (Å²) >= 11 is 18.6. The highest BCUT2D eigenvalue weighted by Gasteiger charge is 2.65. The van der Waals surface area contributed by atoms with Gasteiger partial charge in [0.1, 0.15) is 24.4 Å². The molecular formula is C29H46Cl3N3O7. The fourth-order valence-corrected chi connectivity index (χ4v) is 7.91. The van der Waals surface area contributed by atoms with Gasteiger partial charge < -0.3 is 39.6 Å². The van der Waals surface area contributed by atoms with Gasteiger partial charge in [0.05, 0.1) is 0 Å². The van der Waals surface area contributed by atoms with Crippen molar-refractivity contribution in [3.05, 3.63) is 0 Å². The molecule has 13 heteroatoms. The van der Waals surface area contributed by atoms with Crippen LogP contribution < -0.4 is 10.6 Å². The molecule has 0 aromatic rings. The Labute approximate surface area is 263 Å². The van der Waals surface area contributed by atoms with Gasteiger partial charge in [-0.05, 0) is 38.5 Å². The number of ether oxygens (including phenoxy) is 4. The smallest absolute Gasteiger partial charge is 0.407 e. The van der Waals surface area contributed by atoms with E-state index < -0.39 is 46.3 Å². The quantitative estimate of drug-likeness (QED) is 0.249. The van der Waals surface area contributed by atoms with E-state index in [9.17, 15) is 14.7 Å². The van der Waals surface area contributed by atoms with Crippen LogP contribution in [0.5, 0.6) is 0 Å². The maximum Gasteiger partial charge on any atom is 0.407 e. The minimum absolute atomic E-state index is 0.0196. The molecule has 42 heavy (non-hydrogen) atoms. The predicted octanol–water partition coefficient (Wildman–Crippen LogP) is 5.68. The molecule has 0 unspecified atom stereocenters. The Morgan fingerprint density at radius 1 is 0.857 bits per heavy atom. The molecule has 1 heterocycles. The number of rotatable bonds is 6. The van der Waals surface area contributed by atoms with Gasteiger partial charge in [0, 0.05) is 31.7 Å². The maximum absolute atomic E-state index is 14.2. The van der Waals surface area contributed by atoms with Crippen molar-refractivity contribution in [1.82, 2.24) is 15.5 Å². The number of alkyl carbamates (subject to hydrolysis) is 1. The Morgan fingerprint density at radius 2 is 1.40 bits per heavy atom. The minimum Gasteiger partial charge on any atom is -0.444 e. The Morgan fingerprint density at radius 3 is 1.95 bits per heavy atom. The molecule has 1 saturated heterocycles. The Balaban J connectivity index is 1.48. The van der Waals surface area contributed by atoms with E-state index in [0.717, 1.165) is 96.3 Å². The lowest BCUT2D eigenvalue weighted by Crippen LogP contribution is -2.70. The van der Waals surface area contributed by atoms with E-state index in [1.54, 1.807) is 4.90 Å². The molecule has 0 bridgehead atoms. The number of methoxy groups -OCH3 is 1. The van der Waals surface area contributed by atoms with Crippen LogP contribution in [0.15, 0.2) is 0 Å². The Hall–Kier alpha value is -0.750. The van der Waals surface area contributed by atoms with Crippen molar-refractivity contribution < 1.29 is 33.6 Å². The Bertz CT molecular complexity index is 925. The highest BCUT2D eigenvalue weighted by molar-refractivity contribution is 6.67. The molecule has 3 N–H and O–H groups in total. The van der Waals surface area contributed by atoms with Gasteiger partial charge in [0.25, 0.3) is 0 Å². The van der Waals surface area contributed by atoms with Crippen LogP contribution in [0.1, 0.15) is 103 Å². The fourth-order valence-electron chi connectivity index (χ4n) is 7.60. The number of aliphatic hydroxyl groups is 1. The Kier molecular flexibility index (Phi) is 11.0. The number of nitrogens with one attached hydrogen (secondary N) is 2. The molecule has 4 aliphatic carbocycles. The largest absolute Gasteiger partial charge is 0.444 e. The van der Waals surface area contributed by atoms with E-state index in [2.05, 4.69) is 10.6 Å². The first-order valence-electron chi connectivity index (χ1n) is 15.8. The maximum atomic E-state index is 14.2. The van der Waals surface area contributed by atoms with Crippen molar-refractivity contribution >= 4 is 46.9 Å². The highest BCUT2D eigenvalue weighted by Crippen LogP contribution is 2.48. The number of carbonyl (C=O) groups is 2. The molecule has 6 atom stereocenters. The van der Waals surface area contributed by atoms with E-state index in [1.807, 2.05) is 0 Å². The average Bonchev–Trinajstić information content (AvgIpc) is 3.44. The summed E-state index contributed by atoms with van der Waals surface area (Å²) in [5.74, 6) is -1.92. The molecule has 0 aromatic heterocycles. The third-order valence-corrected chi connectivity index (χ3v) is 10.3. The third-order valence-electron chi connectivity index (χ3n) is 9.77. The summed E-state index contributed by atoms with van der Waals surface area (Å²) in [6, 6.07) is -1.08. The number of amides is 3. The number of urea groups is 1. The summed E-state index contributed by atoms with van der Waals surface area (Å²) in [5.41, 5.74) is 0. The zero-order valence-corrected chi connectivity index (χ0v) is 26.7. The summed E-state index contributed by atoms with van der Waals surface area (Å²) < 4.78 is 21.9. The summed E-state index contributed by atoms with van der Waals surface area (Å²) in [5, 5.41) is 17.9. The van der Waals surface area contributed by atoms with Gasteiger partial charge in [0.2, 0.25) is 10.1 Å². The SMILES string of the molecule is CO[C@]1(O)C[C@@H](OC(=O)NC2CCCCC2)[C@H](N(C(=O)NC2CCCCC2)C2CCCCC2)[C@H]2O[C@H](C(Cl)(Cl)Cl)O[C@H]21. The van der Waals surface area contributed by atoms with Crippen molar-refractivity contribution in [3.8, 4) is 0 Å². The van der Waals surface area contributed by atoms with Crippen LogP contribution >= 0.6 is 34.8 Å². The minimum atomic E-state index is -1.97. The van der Waals surface area contributed by atoms with Crippen molar-refractivity contribution in [2.75, 3.05) is 7.11 Å². The number of hydrogen-bond acceptors (Lipinski definition) is 7. The molecule has 0 aromatic carbocycles. The lowest BCUT2D eigenvalue weighted by molar-refractivity contribution is -0.285. The van der Waals surface area contributed by atoms with Crippen LogP contribution in [0.2, 0.25) is 0 Å². The van der Waals surface area contributed by atoms with Crippen LogP contribution in [-0.2, 0) is 18.9 Å². The van der Waals surface area contributed by atoms with Crippen molar-refractivity contribution in [2.45, 2.75) is 161 Å². The summed E-state index contributed by atoms with van der Waals surface area (Å²) in [4.78, 5) is 29.4. The standard InChI is InChI=1S/C29H46Cl3N3O7/c1-39-28(38)17-21(40-27(37)34-19-13-7-3-8-14-19)22(23-24(28)42-25(41-23)29(30,31)32)35(20-15-9-4-10-16-20)26(36)33-18-11-5-2-6-12-18/h18-25,38H,2-17H2,1H3,(H,33,36)(H,34,37)/t21-,22+,23-,24-,25+,28-/m1/s1. The molecule has 3 amide bonds. The van der Waals surface area contributed by atoms with E-state index >= 15 is 0 Å². The second-order valence-electron chi connectivity index (χ2n) is 12.7. The third kappa shape index (κ3) is 7.54. The van der Waals surface area contributed by atoms with Gasteiger partial charge in [-0.15, -0.1) is 0 Å². The van der Waals surface area contributed by atoms with Gasteiger partial charge in [-0.1, -0.05) is 92.6 Å². The number of halogens is 3. The molecule has 5 aliphatic rings. The number of hydrogen-bond donors (Lipinski definition) is 3. The molecule has 5 rings (SSSR count). The fraction of sp³-hybridized carbons (Fsp3) is 0.931. The van der Waals surface area contributed by atoms with Gasteiger partial charge in [-0.2, -0.15) is 0 Å². The summed E-state index contributed by atoms with van der Waals surface area (Å²) in [6.45, 7) is 0. The van der Waals surface area contributed by atoms with Crippen molar-refractivity contribution in [2.24, 2.45) is 0 Å². The van der Waals surface area contributed by atoms with Crippen LogP contribution in [-0.4, -0.2) is 87.6 Å². The van der Waals surface area contributed by atoms with Crippen molar-refractivity contribution in [3.63, 3.8) is 0 Å². The van der Waals surface area contributed by atoms with Crippen LogP contribution in [0, 0.1) is 0 Å². The molecular weight excluding hydrogens is 609 g/mol. The lowest BCUT2D eigenvalue weighted by atomic mass is 9.80. The molecule has 240 valence electrons. The number of alkyl halides is 3. The normalized spacial score (nSPS) is 35.3. The van der Waals surface area contributed by atoms with E-state index in [-0.39, 0.29) is 30.6 Å². The van der Waals surface area contributed by atoms with Gasteiger partial charge >= 0.3 is 12.1 Å². The van der Waals surface area contributed by atoms with Crippen LogP contribution in [0.4, 0.5) is 9.59 Å². The van der Waals surface area contributed by atoms with E-state index in [0.29, 0.717) is 0 Å². The molecule has 0 spiro atoms. The first kappa shape index (κ1) is 32.6. The molecule has 10 nitrogen and oxygen atoms in total. The lowest BCUT2D eigenvalue weighted by Gasteiger charge is -2.51. The molecule has 0 radical (unpaired) electrons. The zero-order valence-electron chi connectivity index (χ0n) is 24.4. The number of nitrogens with zero attached hydrogens (tertiary/aromatic N) is 1. The first-order chi connectivity index (χ1) is 20.1. The molecule has 4 saturated carbocycles. The average molecular weight is 655 g/mol. The second kappa shape index (κ2) is 14.1. The molecule has 1 aliphatic heterocycles. The van der Waals surface area contributed by atoms with Crippen LogP contribution in [0.3, 0.4) is 0 Å². The number of fused-ring (bicyclic) bond motifs is 1. The highest BCUT2D eigenvalue weighted by atomic mass is 35.6. The first-order valence-corrected chi connectivity index (χ1v) is 16.9. The van der Waals surface area contributed by atoms with E-state index in [1.165, 1.54) is 7.11 Å². The monoisotopic (exact) mass is 653 g/mol. The summed E-state index contributed by atoms with van der Waals surface area (Å²) in [6.07, 6.45) is 9.66. The van der Waals surface area contributed by atoms with Gasteiger partial charge in [-0.25, -0.2) is 9.59 Å². The second-order valence-corrected chi connectivity index (χ2v) is 15.1. The topological polar surface area (TPSA) is 119 Å². The number of carbonyl (C=O) groups excluding carboxylic acids is 2.